The first-order valence-electron chi connectivity index (χ1n) is 7.94. The summed E-state index contributed by atoms with van der Waals surface area (Å²) in [5.74, 6) is 0.508. The Morgan fingerprint density at radius 2 is 2.38 bits per heavy atom. The highest BCUT2D eigenvalue weighted by Crippen LogP contribution is 2.24. The Hall–Kier alpha value is -2.13. The lowest BCUT2D eigenvalue weighted by Gasteiger charge is -2.39. The Bertz CT molecular complexity index is 694. The van der Waals surface area contributed by atoms with Gasteiger partial charge in [-0.1, -0.05) is 11.4 Å². The molecular formula is C15H20N6O2S. The van der Waals surface area contributed by atoms with Gasteiger partial charge in [0.15, 0.2) is 0 Å². The minimum Gasteiger partial charge on any atom is -0.386 e. The Balaban J connectivity index is 1.62. The molecule has 3 heterocycles. The van der Waals surface area contributed by atoms with Gasteiger partial charge in [-0.15, -0.1) is 5.10 Å². The van der Waals surface area contributed by atoms with Crippen LogP contribution >= 0.6 is 11.5 Å². The summed E-state index contributed by atoms with van der Waals surface area (Å²) in [4.78, 5) is 23.1. The van der Waals surface area contributed by atoms with Gasteiger partial charge in [0.25, 0.3) is 5.91 Å². The van der Waals surface area contributed by atoms with Crippen LogP contribution < -0.4 is 10.2 Å². The van der Waals surface area contributed by atoms with Crippen molar-refractivity contribution in [3.63, 3.8) is 0 Å². The summed E-state index contributed by atoms with van der Waals surface area (Å²) in [6.07, 6.45) is 7.05. The lowest BCUT2D eigenvalue weighted by Crippen LogP contribution is -2.54. The fourth-order valence-corrected chi connectivity index (χ4v) is 3.51. The zero-order valence-corrected chi connectivity index (χ0v) is 14.3. The number of carbonyl (C=O) groups excluding carboxylic acids is 1. The number of rotatable bonds is 5. The second kappa shape index (κ2) is 7.18. The zero-order chi connectivity index (χ0) is 17.0. The summed E-state index contributed by atoms with van der Waals surface area (Å²) in [7, 11) is 0. The summed E-state index contributed by atoms with van der Waals surface area (Å²) in [6.45, 7) is 3.34. The normalized spacial score (nSPS) is 20.8. The van der Waals surface area contributed by atoms with Crippen molar-refractivity contribution in [3.05, 3.63) is 29.2 Å². The van der Waals surface area contributed by atoms with Crippen molar-refractivity contribution in [2.24, 2.45) is 0 Å². The number of aryl methyl sites for hydroxylation is 1. The topological polar surface area (TPSA) is 104 Å². The van der Waals surface area contributed by atoms with Gasteiger partial charge >= 0.3 is 0 Å². The summed E-state index contributed by atoms with van der Waals surface area (Å²) in [5.41, 5.74) is -0.301. The number of aromatic nitrogens is 4. The predicted octanol–water partition coefficient (Wildman–Crippen LogP) is 0.652. The van der Waals surface area contributed by atoms with Crippen LogP contribution in [0.2, 0.25) is 0 Å². The van der Waals surface area contributed by atoms with Crippen molar-refractivity contribution >= 4 is 23.3 Å². The number of amides is 1. The molecule has 0 bridgehead atoms. The van der Waals surface area contributed by atoms with Crippen LogP contribution in [0.4, 0.5) is 5.82 Å². The van der Waals surface area contributed by atoms with Gasteiger partial charge in [-0.2, -0.15) is 0 Å². The van der Waals surface area contributed by atoms with Gasteiger partial charge in [0.1, 0.15) is 10.7 Å². The Labute approximate surface area is 144 Å². The van der Waals surface area contributed by atoms with E-state index in [1.165, 1.54) is 0 Å². The van der Waals surface area contributed by atoms with Crippen molar-refractivity contribution in [1.29, 1.82) is 0 Å². The molecule has 1 aliphatic heterocycles. The molecule has 0 unspecified atom stereocenters. The molecule has 1 amide bonds. The van der Waals surface area contributed by atoms with Gasteiger partial charge in [0.05, 0.1) is 17.5 Å². The van der Waals surface area contributed by atoms with Crippen LogP contribution in [0.1, 0.15) is 35.1 Å². The predicted molar refractivity (Wildman–Crippen MR) is 90.0 cm³/mol. The number of hydrogen-bond acceptors (Lipinski definition) is 8. The van der Waals surface area contributed by atoms with Gasteiger partial charge in [-0.3, -0.25) is 9.78 Å². The fourth-order valence-electron chi connectivity index (χ4n) is 2.84. The largest absolute Gasteiger partial charge is 0.386 e. The first-order valence-corrected chi connectivity index (χ1v) is 8.71. The average Bonchev–Trinajstić information content (AvgIpc) is 3.09. The van der Waals surface area contributed by atoms with Crippen LogP contribution in [0, 0.1) is 0 Å². The van der Waals surface area contributed by atoms with E-state index >= 15 is 0 Å². The average molecular weight is 348 g/mol. The third kappa shape index (κ3) is 3.68. The molecule has 0 saturated carbocycles. The minimum absolute atomic E-state index is 0.184. The summed E-state index contributed by atoms with van der Waals surface area (Å²) in [6, 6.07) is 0. The van der Waals surface area contributed by atoms with Crippen molar-refractivity contribution in [1.82, 2.24) is 24.9 Å². The lowest BCUT2D eigenvalue weighted by molar-refractivity contribution is 0.0254. The van der Waals surface area contributed by atoms with E-state index in [9.17, 15) is 9.90 Å². The van der Waals surface area contributed by atoms with Crippen LogP contribution in [0.25, 0.3) is 0 Å². The number of hydrogen-bond donors (Lipinski definition) is 2. The van der Waals surface area contributed by atoms with Gasteiger partial charge in [-0.05, 0) is 30.8 Å². The number of β-amino-alcohol motifs (C(OH)–C–C–N with tert-alkyl or cyclic N) is 1. The van der Waals surface area contributed by atoms with Gasteiger partial charge in [0, 0.05) is 32.0 Å². The van der Waals surface area contributed by atoms with Crippen molar-refractivity contribution in [2.45, 2.75) is 31.8 Å². The Morgan fingerprint density at radius 3 is 3.12 bits per heavy atom. The summed E-state index contributed by atoms with van der Waals surface area (Å²) >= 11 is 1.08. The number of anilines is 1. The van der Waals surface area contributed by atoms with E-state index in [4.69, 9.17) is 0 Å². The molecule has 128 valence electrons. The molecule has 24 heavy (non-hydrogen) atoms. The van der Waals surface area contributed by atoms with Gasteiger partial charge in [-0.25, -0.2) is 4.98 Å². The van der Waals surface area contributed by atoms with Crippen molar-refractivity contribution in [3.8, 4) is 0 Å². The molecule has 1 fully saturated rings. The molecule has 0 radical (unpaired) electrons. The summed E-state index contributed by atoms with van der Waals surface area (Å²) < 4.78 is 3.82. The minimum atomic E-state index is -0.990. The standard InChI is InChI=1S/C15H20N6O2S/c1-2-11-13(24-20-19-11)14(22)18-9-15(23)4-3-7-21(10-15)12-8-16-5-6-17-12/h5-6,8,23H,2-4,7,9-10H2,1H3,(H,18,22)/t15-/m1/s1. The van der Waals surface area contributed by atoms with Crippen LogP contribution in [0.15, 0.2) is 18.6 Å². The van der Waals surface area contributed by atoms with Crippen LogP contribution in [-0.2, 0) is 6.42 Å². The monoisotopic (exact) mass is 348 g/mol. The number of nitrogens with zero attached hydrogens (tertiary/aromatic N) is 5. The van der Waals surface area contributed by atoms with E-state index in [1.54, 1.807) is 18.6 Å². The third-order valence-corrected chi connectivity index (χ3v) is 4.87. The second-order valence-electron chi connectivity index (χ2n) is 5.90. The van der Waals surface area contributed by atoms with Gasteiger partial charge in [0.2, 0.25) is 0 Å². The molecule has 2 N–H and O–H groups in total. The second-order valence-corrected chi connectivity index (χ2v) is 6.65. The maximum Gasteiger partial charge on any atom is 0.265 e. The van der Waals surface area contributed by atoms with Crippen LogP contribution in [0.3, 0.4) is 0 Å². The smallest absolute Gasteiger partial charge is 0.265 e. The van der Waals surface area contributed by atoms with E-state index in [-0.39, 0.29) is 12.5 Å². The molecule has 1 aliphatic rings. The Morgan fingerprint density at radius 1 is 1.50 bits per heavy atom. The Kier molecular flexibility index (Phi) is 5.00. The number of aliphatic hydroxyl groups is 1. The zero-order valence-electron chi connectivity index (χ0n) is 13.5. The van der Waals surface area contributed by atoms with E-state index in [0.29, 0.717) is 30.0 Å². The number of nitrogens with one attached hydrogen (secondary N) is 1. The quantitative estimate of drug-likeness (QED) is 0.817. The molecule has 8 nitrogen and oxygen atoms in total. The molecule has 1 atom stereocenters. The van der Waals surface area contributed by atoms with E-state index in [1.807, 2.05) is 11.8 Å². The molecule has 2 aromatic rings. The fraction of sp³-hybridized carbons (Fsp3) is 0.533. The van der Waals surface area contributed by atoms with E-state index in [2.05, 4.69) is 24.9 Å². The van der Waals surface area contributed by atoms with Crippen molar-refractivity contribution < 1.29 is 9.90 Å². The highest BCUT2D eigenvalue weighted by atomic mass is 32.1. The maximum atomic E-state index is 12.3. The van der Waals surface area contributed by atoms with Crippen LogP contribution in [0.5, 0.6) is 0 Å². The van der Waals surface area contributed by atoms with Crippen molar-refractivity contribution in [2.75, 3.05) is 24.5 Å². The highest BCUT2D eigenvalue weighted by molar-refractivity contribution is 7.08. The first kappa shape index (κ1) is 16.7. The van der Waals surface area contributed by atoms with E-state index in [0.717, 1.165) is 30.3 Å². The SMILES string of the molecule is CCc1nnsc1C(=O)NC[C@]1(O)CCCN(c2cnccn2)C1. The number of carbonyl (C=O) groups is 1. The molecule has 9 heteroatoms. The lowest BCUT2D eigenvalue weighted by atomic mass is 9.92. The molecule has 1 saturated heterocycles. The molecular weight excluding hydrogens is 328 g/mol. The summed E-state index contributed by atoms with van der Waals surface area (Å²) in [5, 5.41) is 17.6. The third-order valence-electron chi connectivity index (χ3n) is 4.10. The molecule has 3 rings (SSSR count). The molecule has 2 aromatic heterocycles. The molecule has 0 aliphatic carbocycles. The maximum absolute atomic E-state index is 12.3. The molecule has 0 aromatic carbocycles. The van der Waals surface area contributed by atoms with Gasteiger partial charge < -0.3 is 15.3 Å². The van der Waals surface area contributed by atoms with Crippen LogP contribution in [-0.4, -0.2) is 55.8 Å². The van der Waals surface area contributed by atoms with E-state index < -0.39 is 5.60 Å². The highest BCUT2D eigenvalue weighted by Gasteiger charge is 2.34. The number of piperidine rings is 1. The first-order chi connectivity index (χ1) is 11.6. The molecule has 0 spiro atoms.